The fourth-order valence-electron chi connectivity index (χ4n) is 4.24. The summed E-state index contributed by atoms with van der Waals surface area (Å²) in [4.78, 5) is 26.4. The highest BCUT2D eigenvalue weighted by Gasteiger charge is 2.38. The number of para-hydroxylation sites is 1. The van der Waals surface area contributed by atoms with Crippen LogP contribution in [0.15, 0.2) is 71.4 Å². The van der Waals surface area contributed by atoms with Crippen molar-refractivity contribution < 1.29 is 23.8 Å². The van der Waals surface area contributed by atoms with Crippen molar-refractivity contribution in [1.29, 1.82) is 0 Å². The Kier molecular flexibility index (Phi) is 9.00. The zero-order valence-corrected chi connectivity index (χ0v) is 21.6. The summed E-state index contributed by atoms with van der Waals surface area (Å²) in [6.07, 6.45) is 0.783. The first-order valence-corrected chi connectivity index (χ1v) is 12.0. The Morgan fingerprint density at radius 3 is 2.36 bits per heavy atom. The van der Waals surface area contributed by atoms with E-state index in [1.54, 1.807) is 4.90 Å². The molecule has 2 aromatic carbocycles. The smallest absolute Gasteiger partial charge is 0.489 e. The first-order valence-electron chi connectivity index (χ1n) is 12.0. The number of dihydropyridines is 1. The number of unbranched alkanes of at least 4 members (excludes halogenated alkanes) is 1. The Morgan fingerprint density at radius 1 is 1.03 bits per heavy atom. The molecular weight excluding hydrogens is 458 g/mol. The number of methoxy groups -OCH3 is 1. The summed E-state index contributed by atoms with van der Waals surface area (Å²) in [5, 5.41) is 3.24. The van der Waals surface area contributed by atoms with Gasteiger partial charge in [0.15, 0.2) is 0 Å². The molecule has 0 saturated carbocycles. The van der Waals surface area contributed by atoms with Gasteiger partial charge in [-0.3, -0.25) is 4.90 Å². The van der Waals surface area contributed by atoms with Gasteiger partial charge in [0.05, 0.1) is 24.4 Å². The molecule has 8 nitrogen and oxygen atoms in total. The SMILES string of the molecule is CCCCN(C(N)=O)C1=C(C)NC(C)=C(OC(=O)OC)C1c1ccccc1OCc1ccc(C)cc1. The zero-order valence-electron chi connectivity index (χ0n) is 21.6. The number of urea groups is 1. The van der Waals surface area contributed by atoms with Gasteiger partial charge in [-0.15, -0.1) is 0 Å². The van der Waals surface area contributed by atoms with Crippen LogP contribution in [-0.2, 0) is 16.1 Å². The van der Waals surface area contributed by atoms with E-state index in [2.05, 4.69) is 5.32 Å². The highest BCUT2D eigenvalue weighted by molar-refractivity contribution is 5.75. The predicted molar refractivity (Wildman–Crippen MR) is 138 cm³/mol. The number of nitrogens with two attached hydrogens (primary N) is 1. The van der Waals surface area contributed by atoms with Crippen LogP contribution in [-0.4, -0.2) is 30.7 Å². The lowest BCUT2D eigenvalue weighted by Crippen LogP contribution is -2.42. The first kappa shape index (κ1) is 26.7. The van der Waals surface area contributed by atoms with Gasteiger partial charge in [-0.1, -0.05) is 61.4 Å². The lowest BCUT2D eigenvalue weighted by atomic mass is 9.87. The van der Waals surface area contributed by atoms with Crippen molar-refractivity contribution in [3.05, 3.63) is 88.1 Å². The van der Waals surface area contributed by atoms with E-state index in [9.17, 15) is 9.59 Å². The molecule has 0 fully saturated rings. The van der Waals surface area contributed by atoms with Crippen molar-refractivity contribution in [2.24, 2.45) is 5.73 Å². The summed E-state index contributed by atoms with van der Waals surface area (Å²) in [5.74, 6) is 0.287. The highest BCUT2D eigenvalue weighted by atomic mass is 16.7. The average Bonchev–Trinajstić information content (AvgIpc) is 2.86. The van der Waals surface area contributed by atoms with Crippen LogP contribution in [0.2, 0.25) is 0 Å². The number of carbonyl (C=O) groups is 2. The second kappa shape index (κ2) is 12.2. The Morgan fingerprint density at radius 2 is 1.72 bits per heavy atom. The van der Waals surface area contributed by atoms with Crippen LogP contribution >= 0.6 is 0 Å². The zero-order chi connectivity index (χ0) is 26.2. The molecule has 0 bridgehead atoms. The molecule has 192 valence electrons. The lowest BCUT2D eigenvalue weighted by Gasteiger charge is -2.37. The van der Waals surface area contributed by atoms with Gasteiger partial charge < -0.3 is 25.3 Å². The number of allylic oxidation sites excluding steroid dienone is 2. The number of aryl methyl sites for hydroxylation is 1. The van der Waals surface area contributed by atoms with Crippen molar-refractivity contribution in [3.8, 4) is 5.75 Å². The number of nitrogens with zero attached hydrogens (tertiary/aromatic N) is 1. The molecule has 36 heavy (non-hydrogen) atoms. The fourth-order valence-corrected chi connectivity index (χ4v) is 4.24. The summed E-state index contributed by atoms with van der Waals surface area (Å²) in [5.41, 5.74) is 10.7. The molecule has 3 N–H and O–H groups in total. The topological polar surface area (TPSA) is 103 Å². The molecule has 0 spiro atoms. The van der Waals surface area contributed by atoms with Gasteiger partial charge in [-0.05, 0) is 38.8 Å². The fraction of sp³-hybridized carbons (Fsp3) is 0.357. The summed E-state index contributed by atoms with van der Waals surface area (Å²) in [6, 6.07) is 15.1. The summed E-state index contributed by atoms with van der Waals surface area (Å²) >= 11 is 0. The molecule has 0 saturated heterocycles. The summed E-state index contributed by atoms with van der Waals surface area (Å²) in [7, 11) is 1.25. The maximum atomic E-state index is 12.6. The third-order valence-corrected chi connectivity index (χ3v) is 6.06. The molecule has 1 atom stereocenters. The molecule has 0 radical (unpaired) electrons. The number of carbonyl (C=O) groups excluding carboxylic acids is 2. The van der Waals surface area contributed by atoms with Gasteiger partial charge in [0, 0.05) is 17.8 Å². The Bertz CT molecular complexity index is 1150. The van der Waals surface area contributed by atoms with Gasteiger partial charge in [-0.25, -0.2) is 9.59 Å². The van der Waals surface area contributed by atoms with Crippen LogP contribution in [0.1, 0.15) is 56.2 Å². The van der Waals surface area contributed by atoms with E-state index in [1.807, 2.05) is 76.2 Å². The van der Waals surface area contributed by atoms with Gasteiger partial charge in [0.1, 0.15) is 18.1 Å². The van der Waals surface area contributed by atoms with E-state index >= 15 is 0 Å². The first-order chi connectivity index (χ1) is 17.3. The van der Waals surface area contributed by atoms with Crippen molar-refractivity contribution >= 4 is 12.2 Å². The molecule has 1 aliphatic heterocycles. The Balaban J connectivity index is 2.10. The van der Waals surface area contributed by atoms with Crippen molar-refractivity contribution in [3.63, 3.8) is 0 Å². The van der Waals surface area contributed by atoms with Gasteiger partial charge in [0.25, 0.3) is 0 Å². The minimum absolute atomic E-state index is 0.316. The minimum atomic E-state index is -0.854. The largest absolute Gasteiger partial charge is 0.513 e. The number of ether oxygens (including phenoxy) is 3. The minimum Gasteiger partial charge on any atom is -0.489 e. The van der Waals surface area contributed by atoms with Gasteiger partial charge in [-0.2, -0.15) is 0 Å². The Hall–Kier alpha value is -3.94. The van der Waals surface area contributed by atoms with E-state index in [0.29, 0.717) is 36.1 Å². The van der Waals surface area contributed by atoms with Crippen molar-refractivity contribution in [1.82, 2.24) is 10.2 Å². The molecule has 2 amide bonds. The number of amides is 2. The summed E-state index contributed by atoms with van der Waals surface area (Å²) < 4.78 is 16.7. The van der Waals surface area contributed by atoms with Gasteiger partial charge >= 0.3 is 12.2 Å². The molecule has 8 heteroatoms. The van der Waals surface area contributed by atoms with Crippen LogP contribution in [0.4, 0.5) is 9.59 Å². The number of benzene rings is 2. The molecule has 0 aromatic heterocycles. The van der Waals surface area contributed by atoms with E-state index in [4.69, 9.17) is 19.9 Å². The highest BCUT2D eigenvalue weighted by Crippen LogP contribution is 2.44. The maximum Gasteiger partial charge on any atom is 0.513 e. The average molecular weight is 494 g/mol. The van der Waals surface area contributed by atoms with Crippen LogP contribution in [0, 0.1) is 6.92 Å². The predicted octanol–water partition coefficient (Wildman–Crippen LogP) is 5.69. The number of hydrogen-bond acceptors (Lipinski definition) is 6. The molecule has 1 unspecified atom stereocenters. The number of nitrogens with one attached hydrogen (secondary N) is 1. The normalized spacial score (nSPS) is 15.3. The van der Waals surface area contributed by atoms with E-state index in [0.717, 1.165) is 29.7 Å². The summed E-state index contributed by atoms with van der Waals surface area (Å²) in [6.45, 7) is 8.54. The second-order valence-electron chi connectivity index (χ2n) is 8.77. The monoisotopic (exact) mass is 493 g/mol. The third-order valence-electron chi connectivity index (χ3n) is 6.06. The molecule has 3 rings (SSSR count). The van der Waals surface area contributed by atoms with E-state index in [1.165, 1.54) is 12.7 Å². The number of primary amides is 1. The maximum absolute atomic E-state index is 12.6. The van der Waals surface area contributed by atoms with Crippen LogP contribution in [0.25, 0.3) is 0 Å². The van der Waals surface area contributed by atoms with Crippen molar-refractivity contribution in [2.45, 2.75) is 53.1 Å². The third kappa shape index (κ3) is 6.19. The Labute approximate surface area is 212 Å². The van der Waals surface area contributed by atoms with Crippen LogP contribution in [0.5, 0.6) is 5.75 Å². The molecular formula is C28H35N3O5. The number of rotatable bonds is 9. The number of hydrogen-bond donors (Lipinski definition) is 2. The van der Waals surface area contributed by atoms with Crippen molar-refractivity contribution in [2.75, 3.05) is 13.7 Å². The molecule has 1 aliphatic rings. The molecule has 1 heterocycles. The van der Waals surface area contributed by atoms with Crippen LogP contribution < -0.4 is 15.8 Å². The van der Waals surface area contributed by atoms with Gasteiger partial charge in [0.2, 0.25) is 0 Å². The molecule has 0 aliphatic carbocycles. The second-order valence-corrected chi connectivity index (χ2v) is 8.77. The quantitative estimate of drug-likeness (QED) is 0.435. The standard InChI is InChI=1S/C28H35N3O5/c1-6-7-16-31(27(29)32)25-19(3)30-20(4)26(36-28(33)34-5)24(25)22-10-8-9-11-23(22)35-17-21-14-12-18(2)13-15-21/h8-15,24,30H,6-7,16-17H2,1-5H3,(H2,29,32). The molecule has 2 aromatic rings. The lowest BCUT2D eigenvalue weighted by molar-refractivity contribution is 0.0907. The van der Waals surface area contributed by atoms with E-state index in [-0.39, 0.29) is 0 Å². The van der Waals surface area contributed by atoms with E-state index < -0.39 is 18.1 Å². The van der Waals surface area contributed by atoms with Crippen LogP contribution in [0.3, 0.4) is 0 Å².